The number of furan rings is 1. The number of aromatic nitrogens is 3. The normalized spacial score (nSPS) is 16.4. The molecule has 0 unspecified atom stereocenters. The predicted molar refractivity (Wildman–Crippen MR) is 138 cm³/mol. The van der Waals surface area contributed by atoms with Gasteiger partial charge in [0.05, 0.1) is 18.6 Å². The third-order valence-electron chi connectivity index (χ3n) is 6.97. The third kappa shape index (κ3) is 4.48. The Bertz CT molecular complexity index is 1410. The van der Waals surface area contributed by atoms with Crippen molar-refractivity contribution in [1.29, 1.82) is 0 Å². The molecule has 2 fully saturated rings. The van der Waals surface area contributed by atoms with Gasteiger partial charge in [-0.25, -0.2) is 19.3 Å². The molecule has 3 aromatic heterocycles. The summed E-state index contributed by atoms with van der Waals surface area (Å²) in [6.45, 7) is 7.09. The van der Waals surface area contributed by atoms with Crippen LogP contribution in [0.5, 0.6) is 0 Å². The van der Waals surface area contributed by atoms with Crippen molar-refractivity contribution in [3.8, 4) is 22.5 Å². The summed E-state index contributed by atoms with van der Waals surface area (Å²) < 4.78 is 25.7. The number of halogens is 1. The summed E-state index contributed by atoms with van der Waals surface area (Å²) in [5.41, 5.74) is 2.87. The molecule has 0 N–H and O–H groups in total. The molecular weight excluding hydrogens is 475 g/mol. The number of hydrogen-bond donors (Lipinski definition) is 0. The lowest BCUT2D eigenvalue weighted by Gasteiger charge is -2.34. The van der Waals surface area contributed by atoms with E-state index in [-0.39, 0.29) is 11.7 Å². The number of amides is 1. The minimum atomic E-state index is -0.307. The molecule has 4 aromatic rings. The van der Waals surface area contributed by atoms with Crippen LogP contribution >= 0.6 is 0 Å². The molecular formula is C27H27FN6O3. The molecule has 10 heteroatoms. The molecule has 2 saturated heterocycles. The minimum Gasteiger partial charge on any atom is -0.437 e. The number of benzene rings is 1. The highest BCUT2D eigenvalue weighted by atomic mass is 19.1. The summed E-state index contributed by atoms with van der Waals surface area (Å²) in [5.74, 6) is 2.02. The van der Waals surface area contributed by atoms with Gasteiger partial charge in [-0.2, -0.15) is 0 Å². The summed E-state index contributed by atoms with van der Waals surface area (Å²) in [4.78, 5) is 31.6. The number of anilines is 2. The van der Waals surface area contributed by atoms with Gasteiger partial charge in [0, 0.05) is 63.5 Å². The van der Waals surface area contributed by atoms with Crippen LogP contribution < -0.4 is 9.80 Å². The lowest BCUT2D eigenvalue weighted by Crippen LogP contribution is -2.48. The molecule has 1 aromatic carbocycles. The van der Waals surface area contributed by atoms with Crippen molar-refractivity contribution in [3.05, 3.63) is 54.7 Å². The summed E-state index contributed by atoms with van der Waals surface area (Å²) in [6, 6.07) is 10.3. The largest absolute Gasteiger partial charge is 0.437 e. The SMILES string of the molecule is CC(=O)N1CCN(c2ccc(-c3oc4ncnc(N5CCOCC5)c4c3-c3ccc(F)cc3)cn2)CC1. The highest BCUT2D eigenvalue weighted by Gasteiger charge is 2.26. The van der Waals surface area contributed by atoms with Crippen LogP contribution in [-0.4, -0.2) is 78.2 Å². The zero-order valence-corrected chi connectivity index (χ0v) is 20.6. The van der Waals surface area contributed by atoms with Crippen molar-refractivity contribution in [3.63, 3.8) is 0 Å². The number of ether oxygens (including phenoxy) is 1. The Morgan fingerprint density at radius 3 is 2.27 bits per heavy atom. The molecule has 0 aliphatic carbocycles. The highest BCUT2D eigenvalue weighted by Crippen LogP contribution is 2.43. The van der Waals surface area contributed by atoms with E-state index in [1.165, 1.54) is 18.5 Å². The molecule has 0 radical (unpaired) electrons. The Morgan fingerprint density at radius 2 is 1.59 bits per heavy atom. The van der Waals surface area contributed by atoms with Crippen LogP contribution in [-0.2, 0) is 9.53 Å². The maximum absolute atomic E-state index is 13.8. The second-order valence-corrected chi connectivity index (χ2v) is 9.19. The molecule has 190 valence electrons. The van der Waals surface area contributed by atoms with Crippen LogP contribution in [0.3, 0.4) is 0 Å². The lowest BCUT2D eigenvalue weighted by molar-refractivity contribution is -0.129. The Balaban J connectivity index is 1.41. The molecule has 9 nitrogen and oxygen atoms in total. The van der Waals surface area contributed by atoms with Gasteiger partial charge in [-0.05, 0) is 29.8 Å². The Labute approximate surface area is 213 Å². The fourth-order valence-corrected chi connectivity index (χ4v) is 4.99. The van der Waals surface area contributed by atoms with E-state index in [1.807, 2.05) is 17.0 Å². The first-order chi connectivity index (χ1) is 18.1. The summed E-state index contributed by atoms with van der Waals surface area (Å²) in [7, 11) is 0. The zero-order valence-electron chi connectivity index (χ0n) is 20.6. The molecule has 0 atom stereocenters. The first-order valence-electron chi connectivity index (χ1n) is 12.4. The van der Waals surface area contributed by atoms with Crippen LogP contribution in [0.15, 0.2) is 53.3 Å². The molecule has 2 aliphatic heterocycles. The Kier molecular flexibility index (Phi) is 6.17. The van der Waals surface area contributed by atoms with Crippen molar-refractivity contribution < 1.29 is 18.3 Å². The van der Waals surface area contributed by atoms with Gasteiger partial charge in [0.15, 0.2) is 0 Å². The maximum Gasteiger partial charge on any atom is 0.232 e. The van der Waals surface area contributed by atoms with E-state index >= 15 is 0 Å². The van der Waals surface area contributed by atoms with E-state index in [0.29, 0.717) is 50.9 Å². The van der Waals surface area contributed by atoms with Crippen molar-refractivity contribution in [2.45, 2.75) is 6.92 Å². The molecule has 0 saturated carbocycles. The van der Waals surface area contributed by atoms with Crippen LogP contribution in [0.25, 0.3) is 33.6 Å². The fourth-order valence-electron chi connectivity index (χ4n) is 4.99. The van der Waals surface area contributed by atoms with E-state index in [4.69, 9.17) is 14.1 Å². The quantitative estimate of drug-likeness (QED) is 0.418. The Morgan fingerprint density at radius 1 is 0.865 bits per heavy atom. The van der Waals surface area contributed by atoms with Gasteiger partial charge in [0.2, 0.25) is 11.6 Å². The monoisotopic (exact) mass is 502 g/mol. The average molecular weight is 503 g/mol. The number of carbonyl (C=O) groups excluding carboxylic acids is 1. The van der Waals surface area contributed by atoms with Gasteiger partial charge in [-0.1, -0.05) is 12.1 Å². The number of nitrogens with zero attached hydrogens (tertiary/aromatic N) is 6. The van der Waals surface area contributed by atoms with Gasteiger partial charge < -0.3 is 23.9 Å². The molecule has 0 bridgehead atoms. The van der Waals surface area contributed by atoms with Crippen LogP contribution in [0.2, 0.25) is 0 Å². The first kappa shape index (κ1) is 23.4. The maximum atomic E-state index is 13.8. The minimum absolute atomic E-state index is 0.0979. The standard InChI is InChI=1S/C27H27FN6O3/c1-18(35)32-8-10-33(11-9-32)22-7-4-20(16-29-22)25-23(19-2-5-21(28)6-3-19)24-26(30-17-31-27(24)37-25)34-12-14-36-15-13-34/h2-7,16-17H,8-15H2,1H3. The summed E-state index contributed by atoms with van der Waals surface area (Å²) >= 11 is 0. The average Bonchev–Trinajstić information content (AvgIpc) is 3.34. The second kappa shape index (κ2) is 9.78. The van der Waals surface area contributed by atoms with Gasteiger partial charge in [0.1, 0.15) is 29.5 Å². The molecule has 37 heavy (non-hydrogen) atoms. The van der Waals surface area contributed by atoms with E-state index in [1.54, 1.807) is 25.3 Å². The van der Waals surface area contributed by atoms with Gasteiger partial charge in [-0.3, -0.25) is 4.79 Å². The van der Waals surface area contributed by atoms with E-state index in [2.05, 4.69) is 19.8 Å². The molecule has 0 spiro atoms. The van der Waals surface area contributed by atoms with Crippen LogP contribution in [0, 0.1) is 5.82 Å². The predicted octanol–water partition coefficient (Wildman–Crippen LogP) is 3.60. The molecule has 2 aliphatic rings. The number of fused-ring (bicyclic) bond motifs is 1. The van der Waals surface area contributed by atoms with E-state index in [9.17, 15) is 9.18 Å². The number of hydrogen-bond acceptors (Lipinski definition) is 8. The number of rotatable bonds is 4. The van der Waals surface area contributed by atoms with Crippen molar-refractivity contribution in [2.75, 3.05) is 62.3 Å². The third-order valence-corrected chi connectivity index (χ3v) is 6.97. The molecule has 6 rings (SSSR count). The number of carbonyl (C=O) groups is 1. The van der Waals surface area contributed by atoms with Gasteiger partial charge in [-0.15, -0.1) is 0 Å². The summed E-state index contributed by atoms with van der Waals surface area (Å²) in [6.07, 6.45) is 3.30. The Hall–Kier alpha value is -4.05. The highest BCUT2D eigenvalue weighted by molar-refractivity contribution is 6.06. The second-order valence-electron chi connectivity index (χ2n) is 9.19. The lowest BCUT2D eigenvalue weighted by atomic mass is 9.99. The van der Waals surface area contributed by atoms with Gasteiger partial charge in [0.25, 0.3) is 0 Å². The van der Waals surface area contributed by atoms with Crippen molar-refractivity contribution >= 4 is 28.6 Å². The topological polar surface area (TPSA) is 87.8 Å². The first-order valence-corrected chi connectivity index (χ1v) is 12.4. The van der Waals surface area contributed by atoms with E-state index < -0.39 is 0 Å². The van der Waals surface area contributed by atoms with Crippen molar-refractivity contribution in [2.24, 2.45) is 0 Å². The zero-order chi connectivity index (χ0) is 25.4. The fraction of sp³-hybridized carbons (Fsp3) is 0.333. The number of morpholine rings is 1. The molecule has 5 heterocycles. The summed E-state index contributed by atoms with van der Waals surface area (Å²) in [5, 5.41) is 0.787. The van der Waals surface area contributed by atoms with Gasteiger partial charge >= 0.3 is 0 Å². The molecule has 1 amide bonds. The number of pyridine rings is 1. The van der Waals surface area contributed by atoms with E-state index in [0.717, 1.165) is 46.8 Å². The van der Waals surface area contributed by atoms with Crippen LogP contribution in [0.1, 0.15) is 6.92 Å². The van der Waals surface area contributed by atoms with Crippen LogP contribution in [0.4, 0.5) is 16.0 Å². The van der Waals surface area contributed by atoms with Crippen molar-refractivity contribution in [1.82, 2.24) is 19.9 Å². The smallest absolute Gasteiger partial charge is 0.232 e. The number of piperazine rings is 1.